The molecule has 0 radical (unpaired) electrons. The highest BCUT2D eigenvalue weighted by atomic mass is 32.1. The quantitative estimate of drug-likeness (QED) is 0.363. The van der Waals surface area contributed by atoms with E-state index < -0.39 is 0 Å². The van der Waals surface area contributed by atoms with Gasteiger partial charge in [-0.05, 0) is 62.4 Å². The molecule has 2 atom stereocenters. The molecule has 1 aliphatic carbocycles. The Morgan fingerprint density at radius 3 is 2.31 bits per heavy atom. The summed E-state index contributed by atoms with van der Waals surface area (Å²) in [5.41, 5.74) is 3.47. The van der Waals surface area contributed by atoms with Gasteiger partial charge in [-0.3, -0.25) is 9.59 Å². The Morgan fingerprint density at radius 1 is 0.972 bits per heavy atom. The van der Waals surface area contributed by atoms with Crippen molar-refractivity contribution in [3.8, 4) is 5.75 Å². The maximum atomic E-state index is 12.9. The summed E-state index contributed by atoms with van der Waals surface area (Å²) >= 11 is 1.41. The van der Waals surface area contributed by atoms with Crippen molar-refractivity contribution in [1.82, 2.24) is 15.6 Å². The average molecular weight is 506 g/mol. The molecule has 1 fully saturated rings. The van der Waals surface area contributed by atoms with Crippen molar-refractivity contribution in [3.63, 3.8) is 0 Å². The lowest BCUT2D eigenvalue weighted by Crippen LogP contribution is -2.53. The van der Waals surface area contributed by atoms with Crippen molar-refractivity contribution in [3.05, 3.63) is 81.3 Å². The maximum absolute atomic E-state index is 12.9. The van der Waals surface area contributed by atoms with Gasteiger partial charge < -0.3 is 15.4 Å². The van der Waals surface area contributed by atoms with Gasteiger partial charge in [0.25, 0.3) is 11.8 Å². The SMILES string of the molecule is CCCCc1ccc(C(=O)N[C@H]2CCCC[C@@H]2NC(=O)c2csc(COc3ccc(C)cc3)n2)cc1. The molecule has 0 bridgehead atoms. The number of carbonyl (C=O) groups is 2. The molecule has 6 nitrogen and oxygen atoms in total. The van der Waals surface area contributed by atoms with Crippen LogP contribution in [0.5, 0.6) is 5.75 Å². The molecule has 190 valence electrons. The van der Waals surface area contributed by atoms with Crippen LogP contribution in [0, 0.1) is 6.92 Å². The van der Waals surface area contributed by atoms with E-state index in [2.05, 4.69) is 22.5 Å². The number of aromatic nitrogens is 1. The van der Waals surface area contributed by atoms with E-state index in [9.17, 15) is 9.59 Å². The maximum Gasteiger partial charge on any atom is 0.271 e. The third-order valence-corrected chi connectivity index (χ3v) is 7.42. The van der Waals surface area contributed by atoms with Gasteiger partial charge in [0.1, 0.15) is 23.1 Å². The van der Waals surface area contributed by atoms with Crippen LogP contribution in [0.25, 0.3) is 0 Å². The molecule has 1 saturated carbocycles. The van der Waals surface area contributed by atoms with E-state index in [-0.39, 0.29) is 23.9 Å². The number of benzene rings is 2. The van der Waals surface area contributed by atoms with Crippen LogP contribution < -0.4 is 15.4 Å². The molecule has 1 aromatic heterocycles. The van der Waals surface area contributed by atoms with E-state index in [0.717, 1.165) is 55.7 Å². The third-order valence-electron chi connectivity index (χ3n) is 6.60. The second kappa shape index (κ2) is 12.7. The van der Waals surface area contributed by atoms with Gasteiger partial charge in [0.05, 0.1) is 0 Å². The van der Waals surface area contributed by atoms with E-state index >= 15 is 0 Å². The molecule has 4 rings (SSSR count). The van der Waals surface area contributed by atoms with Crippen LogP contribution in [0.15, 0.2) is 53.9 Å². The minimum absolute atomic E-state index is 0.0904. The van der Waals surface area contributed by atoms with Gasteiger partial charge in [-0.25, -0.2) is 4.98 Å². The highest BCUT2D eigenvalue weighted by Crippen LogP contribution is 2.21. The summed E-state index contributed by atoms with van der Waals surface area (Å²) in [5.74, 6) is 0.477. The summed E-state index contributed by atoms with van der Waals surface area (Å²) in [6, 6.07) is 15.5. The van der Waals surface area contributed by atoms with Crippen molar-refractivity contribution in [2.45, 2.75) is 77.5 Å². The highest BCUT2D eigenvalue weighted by molar-refractivity contribution is 7.09. The molecule has 0 saturated heterocycles. The number of ether oxygens (including phenoxy) is 1. The molecule has 1 heterocycles. The van der Waals surface area contributed by atoms with Crippen LogP contribution in [0.2, 0.25) is 0 Å². The van der Waals surface area contributed by atoms with Crippen molar-refractivity contribution >= 4 is 23.2 Å². The predicted molar refractivity (Wildman–Crippen MR) is 144 cm³/mol. The highest BCUT2D eigenvalue weighted by Gasteiger charge is 2.29. The fourth-order valence-corrected chi connectivity index (χ4v) is 5.12. The van der Waals surface area contributed by atoms with Crippen LogP contribution in [0.4, 0.5) is 0 Å². The number of aryl methyl sites for hydroxylation is 2. The Morgan fingerprint density at radius 2 is 1.64 bits per heavy atom. The van der Waals surface area contributed by atoms with Gasteiger partial charge in [0, 0.05) is 23.0 Å². The lowest BCUT2D eigenvalue weighted by atomic mass is 9.90. The molecule has 36 heavy (non-hydrogen) atoms. The number of nitrogens with one attached hydrogen (secondary N) is 2. The van der Waals surface area contributed by atoms with Gasteiger partial charge in [-0.1, -0.05) is 56.0 Å². The number of thiazole rings is 1. The summed E-state index contributed by atoms with van der Waals surface area (Å²) in [6.07, 6.45) is 7.07. The number of rotatable bonds is 10. The molecule has 0 spiro atoms. The molecule has 2 N–H and O–H groups in total. The second-order valence-electron chi connectivity index (χ2n) is 9.47. The van der Waals surface area contributed by atoms with E-state index in [4.69, 9.17) is 4.74 Å². The number of amides is 2. The third kappa shape index (κ3) is 7.17. The Hall–Kier alpha value is -3.19. The Labute approximate surface area is 217 Å². The average Bonchev–Trinajstić information content (AvgIpc) is 3.38. The monoisotopic (exact) mass is 505 g/mol. The summed E-state index contributed by atoms with van der Waals surface area (Å²) in [5, 5.41) is 8.79. The smallest absolute Gasteiger partial charge is 0.271 e. The van der Waals surface area contributed by atoms with Crippen LogP contribution in [0.1, 0.15) is 82.4 Å². The largest absolute Gasteiger partial charge is 0.486 e. The molecular formula is C29H35N3O3S. The lowest BCUT2D eigenvalue weighted by Gasteiger charge is -2.32. The Kier molecular flexibility index (Phi) is 9.11. The second-order valence-corrected chi connectivity index (χ2v) is 10.4. The first-order chi connectivity index (χ1) is 17.5. The van der Waals surface area contributed by atoms with Crippen LogP contribution in [-0.4, -0.2) is 28.9 Å². The van der Waals surface area contributed by atoms with Crippen molar-refractivity contribution in [2.75, 3.05) is 0 Å². The van der Waals surface area contributed by atoms with Gasteiger partial charge in [-0.2, -0.15) is 0 Å². The molecule has 3 aromatic rings. The number of nitrogens with zero attached hydrogens (tertiary/aromatic N) is 1. The molecular weight excluding hydrogens is 470 g/mol. The van der Waals surface area contributed by atoms with Gasteiger partial charge in [-0.15, -0.1) is 11.3 Å². The molecule has 0 unspecified atom stereocenters. The first kappa shape index (κ1) is 25.9. The Balaban J connectivity index is 1.31. The zero-order valence-corrected chi connectivity index (χ0v) is 21.9. The minimum atomic E-state index is -0.209. The molecule has 7 heteroatoms. The summed E-state index contributed by atoms with van der Waals surface area (Å²) < 4.78 is 5.79. The first-order valence-corrected chi connectivity index (χ1v) is 13.7. The Bertz CT molecular complexity index is 1140. The van der Waals surface area contributed by atoms with E-state index in [0.29, 0.717) is 17.9 Å². The number of hydrogen-bond acceptors (Lipinski definition) is 5. The van der Waals surface area contributed by atoms with Crippen molar-refractivity contribution in [1.29, 1.82) is 0 Å². The van der Waals surface area contributed by atoms with Crippen LogP contribution >= 0.6 is 11.3 Å². The van der Waals surface area contributed by atoms with Gasteiger partial charge >= 0.3 is 0 Å². The first-order valence-electron chi connectivity index (χ1n) is 12.9. The summed E-state index contributed by atoms with van der Waals surface area (Å²) in [4.78, 5) is 30.3. The summed E-state index contributed by atoms with van der Waals surface area (Å²) in [7, 11) is 0. The van der Waals surface area contributed by atoms with E-state index in [1.165, 1.54) is 22.5 Å². The van der Waals surface area contributed by atoms with E-state index in [1.54, 1.807) is 5.38 Å². The van der Waals surface area contributed by atoms with Crippen LogP contribution in [0.3, 0.4) is 0 Å². The number of unbranched alkanes of at least 4 members (excludes halogenated alkanes) is 1. The zero-order chi connectivity index (χ0) is 25.3. The fourth-order valence-electron chi connectivity index (χ4n) is 4.44. The van der Waals surface area contributed by atoms with E-state index in [1.807, 2.05) is 55.5 Å². The molecule has 1 aliphatic rings. The van der Waals surface area contributed by atoms with Crippen LogP contribution in [-0.2, 0) is 13.0 Å². The number of carbonyl (C=O) groups excluding carboxylic acids is 2. The zero-order valence-electron chi connectivity index (χ0n) is 21.1. The van der Waals surface area contributed by atoms with Gasteiger partial charge in [0.2, 0.25) is 0 Å². The van der Waals surface area contributed by atoms with Crippen molar-refractivity contribution in [2.24, 2.45) is 0 Å². The lowest BCUT2D eigenvalue weighted by molar-refractivity contribution is 0.0860. The normalized spacial score (nSPS) is 17.4. The predicted octanol–water partition coefficient (Wildman–Crippen LogP) is 5.84. The fraction of sp³-hybridized carbons (Fsp3) is 0.414. The molecule has 2 aromatic carbocycles. The number of hydrogen-bond donors (Lipinski definition) is 2. The molecule has 2 amide bonds. The van der Waals surface area contributed by atoms with Gasteiger partial charge in [0.15, 0.2) is 0 Å². The van der Waals surface area contributed by atoms with Crippen molar-refractivity contribution < 1.29 is 14.3 Å². The topological polar surface area (TPSA) is 80.3 Å². The molecule has 0 aliphatic heterocycles. The standard InChI is InChI=1S/C29H35N3O3S/c1-3-4-7-21-12-14-22(15-13-21)28(33)31-24-8-5-6-9-25(24)32-29(34)26-19-36-27(30-26)18-35-23-16-10-20(2)11-17-23/h10-17,19,24-25H,3-9,18H2,1-2H3,(H,31,33)(H,32,34)/t24-,25-/m0/s1. The minimum Gasteiger partial charge on any atom is -0.486 e. The summed E-state index contributed by atoms with van der Waals surface area (Å²) in [6.45, 7) is 4.53.